The van der Waals surface area contributed by atoms with Crippen molar-refractivity contribution >= 4 is 58.7 Å². The Morgan fingerprint density at radius 2 is 1.61 bits per heavy atom. The highest BCUT2D eigenvalue weighted by molar-refractivity contribution is 6.51. The number of halogens is 2. The van der Waals surface area contributed by atoms with Crippen LogP contribution in [0.2, 0.25) is 0 Å². The second-order valence-electron chi connectivity index (χ2n) is 15.4. The zero-order valence-corrected chi connectivity index (χ0v) is 30.1. The smallest absolute Gasteiger partial charge is 0.329 e. The second kappa shape index (κ2) is 14.1. The van der Waals surface area contributed by atoms with E-state index in [0.29, 0.717) is 12.8 Å². The third kappa shape index (κ3) is 7.85. The first-order chi connectivity index (χ1) is 22.9. The van der Waals surface area contributed by atoms with Gasteiger partial charge in [-0.1, -0.05) is 78.1 Å². The summed E-state index contributed by atoms with van der Waals surface area (Å²) in [6.07, 6.45) is 3.84. The van der Waals surface area contributed by atoms with Crippen LogP contribution in [0.1, 0.15) is 71.4 Å². The average Bonchev–Trinajstić information content (AvgIpc) is 3.34. The summed E-state index contributed by atoms with van der Waals surface area (Å²) >= 11 is 13.0. The minimum Gasteiger partial charge on any atom is -0.460 e. The van der Waals surface area contributed by atoms with Crippen molar-refractivity contribution in [2.75, 3.05) is 6.54 Å². The maximum atomic E-state index is 14.3. The number of nitrogens with two attached hydrogens (primary N) is 1. The van der Waals surface area contributed by atoms with Gasteiger partial charge in [0.2, 0.25) is 17.6 Å². The number of fused-ring (bicyclic) bond motifs is 2. The average molecular weight is 721 g/mol. The zero-order valence-electron chi connectivity index (χ0n) is 28.6. The minimum absolute atomic E-state index is 0.0479. The van der Waals surface area contributed by atoms with Crippen molar-refractivity contribution in [3.63, 3.8) is 0 Å². The molecule has 1 aromatic rings. The Morgan fingerprint density at radius 3 is 2.12 bits per heavy atom. The quantitative estimate of drug-likeness (QED) is 0.146. The van der Waals surface area contributed by atoms with E-state index in [1.807, 2.05) is 24.3 Å². The van der Waals surface area contributed by atoms with Crippen molar-refractivity contribution in [1.29, 1.82) is 0 Å². The number of piperidine rings is 1. The molecule has 1 saturated heterocycles. The Balaban J connectivity index is 1.28. The summed E-state index contributed by atoms with van der Waals surface area (Å²) in [5.74, 6) is -5.04. The van der Waals surface area contributed by atoms with E-state index in [-0.39, 0.29) is 30.9 Å². The Morgan fingerprint density at radius 1 is 1.00 bits per heavy atom. The number of benzene rings is 1. The Labute approximate surface area is 296 Å². The first kappa shape index (κ1) is 36.9. The molecule has 5 amide bonds. The fraction of sp³-hybridized carbons (Fsp3) is 0.657. The third-order valence-electron chi connectivity index (χ3n) is 10.4. The summed E-state index contributed by atoms with van der Waals surface area (Å²) < 4.78 is 4.55. The van der Waals surface area contributed by atoms with Gasteiger partial charge in [-0.15, -0.1) is 23.2 Å². The molecular formula is C35H47Cl2N5O7. The summed E-state index contributed by atoms with van der Waals surface area (Å²) in [7, 11) is 0. The number of hydrogen-bond acceptors (Lipinski definition) is 7. The number of carbonyl (C=O) groups excluding carboxylic acids is 6. The molecule has 4 aliphatic rings. The Hall–Kier alpha value is -3.38. The van der Waals surface area contributed by atoms with Crippen LogP contribution in [0.5, 0.6) is 0 Å². The van der Waals surface area contributed by atoms with E-state index in [9.17, 15) is 28.8 Å². The normalized spacial score (nSPS) is 24.5. The topological polar surface area (TPSA) is 177 Å². The number of esters is 1. The van der Waals surface area contributed by atoms with E-state index in [1.165, 1.54) is 4.90 Å². The number of hydrogen-bond donors (Lipinski definition) is 4. The number of carbonyl (C=O) groups is 6. The summed E-state index contributed by atoms with van der Waals surface area (Å²) in [5, 5.41) is 8.12. The second-order valence-corrected chi connectivity index (χ2v) is 16.9. The highest BCUT2D eigenvalue weighted by atomic mass is 35.5. The van der Waals surface area contributed by atoms with E-state index in [0.717, 1.165) is 30.4 Å². The van der Waals surface area contributed by atoms with E-state index in [2.05, 4.69) is 16.0 Å². The van der Waals surface area contributed by atoms with Crippen molar-refractivity contribution in [1.82, 2.24) is 20.9 Å². The lowest BCUT2D eigenvalue weighted by molar-refractivity contribution is -0.152. The number of likely N-dealkylation sites (tertiary alicyclic amines) is 1. The number of ketones is 1. The molecule has 5 rings (SSSR count). The third-order valence-corrected chi connectivity index (χ3v) is 11.5. The van der Waals surface area contributed by atoms with E-state index in [1.54, 1.807) is 34.6 Å². The number of alkyl halides is 2. The predicted molar refractivity (Wildman–Crippen MR) is 182 cm³/mol. The molecule has 3 fully saturated rings. The Kier molecular flexibility index (Phi) is 10.6. The minimum atomic E-state index is -1.26. The summed E-state index contributed by atoms with van der Waals surface area (Å²) in [5.41, 5.74) is 6.71. The van der Waals surface area contributed by atoms with Gasteiger partial charge < -0.3 is 31.3 Å². The van der Waals surface area contributed by atoms with Gasteiger partial charge in [-0.2, -0.15) is 0 Å². The van der Waals surface area contributed by atoms with Gasteiger partial charge in [0.15, 0.2) is 0 Å². The SMILES string of the molecule is CC(C)[C@H](NC(=O)N[C@H](C(=O)N1C[C@H]2[C@@H]([C@H]1C(=O)NC(CC1CCC1)C(=O)C(N)=O)C2(Cl)Cl)C(C)(C)C)C(=O)OC1Cc2ccccc2C1. The number of rotatable bonds is 12. The molecule has 0 bridgehead atoms. The summed E-state index contributed by atoms with van der Waals surface area (Å²) in [6, 6.07) is 2.74. The van der Waals surface area contributed by atoms with Crippen LogP contribution in [-0.2, 0) is 41.6 Å². The van der Waals surface area contributed by atoms with Gasteiger partial charge in [0.25, 0.3) is 5.91 Å². The molecule has 3 aliphatic carbocycles. The summed E-state index contributed by atoms with van der Waals surface area (Å²) in [6.45, 7) is 8.91. The van der Waals surface area contributed by atoms with Crippen molar-refractivity contribution < 1.29 is 33.5 Å². The molecule has 12 nitrogen and oxygen atoms in total. The van der Waals surface area contributed by atoms with Crippen LogP contribution in [0, 0.1) is 29.1 Å². The van der Waals surface area contributed by atoms with Crippen molar-refractivity contribution in [3.8, 4) is 0 Å². The first-order valence-electron chi connectivity index (χ1n) is 17.1. The van der Waals surface area contributed by atoms with Crippen molar-refractivity contribution in [3.05, 3.63) is 35.4 Å². The molecule has 5 N–H and O–H groups in total. The number of ether oxygens (including phenoxy) is 1. The molecule has 6 atom stereocenters. The molecular weight excluding hydrogens is 673 g/mol. The highest BCUT2D eigenvalue weighted by Gasteiger charge is 2.74. The van der Waals surface area contributed by atoms with Crippen LogP contribution in [0.15, 0.2) is 24.3 Å². The van der Waals surface area contributed by atoms with Crippen molar-refractivity contribution in [2.45, 2.75) is 108 Å². The standard InChI is InChI=1S/C35H47Cl2N5O7/c1-17(2)25(32(47)49-21-14-19-11-6-7-12-20(19)15-21)40-33(48)41-28(34(3,4)5)31(46)42-16-22-24(35(22,36)37)26(42)30(45)39-23(27(43)29(38)44)13-18-9-8-10-18/h6-7,11-12,17-18,21-26,28H,8-10,13-16H2,1-5H3,(H2,38,44)(H,39,45)(H2,40,41,48)/t22-,23?,24-,25-,26-,28+/m0/s1. The maximum absolute atomic E-state index is 14.3. The van der Waals surface area contributed by atoms with Crippen LogP contribution in [0.3, 0.4) is 0 Å². The van der Waals surface area contributed by atoms with E-state index < -0.39 is 81.3 Å². The number of amides is 5. The van der Waals surface area contributed by atoms with Gasteiger partial charge in [-0.05, 0) is 34.8 Å². The highest BCUT2D eigenvalue weighted by Crippen LogP contribution is 2.65. The fourth-order valence-corrected chi connectivity index (χ4v) is 8.15. The van der Waals surface area contributed by atoms with Gasteiger partial charge in [0.1, 0.15) is 28.6 Å². The summed E-state index contributed by atoms with van der Waals surface area (Å²) in [4.78, 5) is 80.7. The number of nitrogens with one attached hydrogen (secondary N) is 3. The monoisotopic (exact) mass is 719 g/mol. The number of urea groups is 1. The largest absolute Gasteiger partial charge is 0.460 e. The van der Waals surface area contributed by atoms with Crippen LogP contribution in [-0.4, -0.2) is 81.6 Å². The van der Waals surface area contributed by atoms with Gasteiger partial charge in [0.05, 0.1) is 6.04 Å². The molecule has 1 aliphatic heterocycles. The lowest BCUT2D eigenvalue weighted by Gasteiger charge is -2.38. The van der Waals surface area contributed by atoms with Crippen LogP contribution < -0.4 is 21.7 Å². The molecule has 0 radical (unpaired) electrons. The van der Waals surface area contributed by atoms with Gasteiger partial charge >= 0.3 is 12.0 Å². The number of Topliss-reactive ketones (excluding diaryl/α,β-unsaturated/α-hetero) is 1. The molecule has 1 unspecified atom stereocenters. The zero-order chi connectivity index (χ0) is 36.0. The molecule has 1 aromatic carbocycles. The molecule has 0 spiro atoms. The van der Waals surface area contributed by atoms with Gasteiger partial charge in [-0.3, -0.25) is 19.2 Å². The fourth-order valence-electron chi connectivity index (χ4n) is 7.32. The maximum Gasteiger partial charge on any atom is 0.329 e. The van der Waals surface area contributed by atoms with Crippen LogP contribution in [0.4, 0.5) is 4.79 Å². The van der Waals surface area contributed by atoms with Crippen molar-refractivity contribution in [2.24, 2.45) is 34.8 Å². The number of primary amides is 1. The molecule has 268 valence electrons. The van der Waals surface area contributed by atoms with E-state index >= 15 is 0 Å². The number of nitrogens with zero attached hydrogens (tertiary/aromatic N) is 1. The van der Waals surface area contributed by atoms with Gasteiger partial charge in [-0.25, -0.2) is 9.59 Å². The van der Waals surface area contributed by atoms with E-state index in [4.69, 9.17) is 33.7 Å². The van der Waals surface area contributed by atoms with Crippen LogP contribution in [0.25, 0.3) is 0 Å². The molecule has 0 aromatic heterocycles. The lowest BCUT2D eigenvalue weighted by atomic mass is 9.80. The molecule has 2 saturated carbocycles. The predicted octanol–water partition coefficient (Wildman–Crippen LogP) is 2.80. The molecule has 1 heterocycles. The lowest BCUT2D eigenvalue weighted by Crippen LogP contribution is -2.62. The van der Waals surface area contributed by atoms with Gasteiger partial charge in [0, 0.05) is 31.2 Å². The molecule has 49 heavy (non-hydrogen) atoms. The Bertz CT molecular complexity index is 1480. The van der Waals surface area contributed by atoms with Crippen LogP contribution >= 0.6 is 23.2 Å². The first-order valence-corrected chi connectivity index (χ1v) is 17.8. The molecule has 14 heteroatoms.